The summed E-state index contributed by atoms with van der Waals surface area (Å²) in [6.45, 7) is -0.0933. The second-order valence-corrected chi connectivity index (χ2v) is 5.93. The maximum Gasteiger partial charge on any atom is 0.312 e. The number of sulfonamides is 1. The van der Waals surface area contributed by atoms with E-state index in [1.165, 1.54) is 7.05 Å². The summed E-state index contributed by atoms with van der Waals surface area (Å²) in [4.78, 5) is 11.1. The Morgan fingerprint density at radius 1 is 1.44 bits per heavy atom. The first-order valence-electron chi connectivity index (χ1n) is 5.24. The molecular formula is C11H16N2O4S. The Labute approximate surface area is 106 Å². The highest BCUT2D eigenvalue weighted by Crippen LogP contribution is 2.28. The van der Waals surface area contributed by atoms with Crippen LogP contribution < -0.4 is 10.0 Å². The molecule has 6 nitrogen and oxygen atoms in total. The Kier molecular flexibility index (Phi) is 4.31. The summed E-state index contributed by atoms with van der Waals surface area (Å²) in [7, 11) is -2.07. The number of carbonyl (C=O) groups is 1. The van der Waals surface area contributed by atoms with Crippen LogP contribution in [0.25, 0.3) is 0 Å². The minimum Gasteiger partial charge on any atom is -0.481 e. The van der Waals surface area contributed by atoms with Crippen LogP contribution in [0.1, 0.15) is 11.5 Å². The number of carboxylic acid groups (broad SMARTS) is 1. The van der Waals surface area contributed by atoms with Gasteiger partial charge >= 0.3 is 5.97 Å². The van der Waals surface area contributed by atoms with Gasteiger partial charge in [0.15, 0.2) is 0 Å². The highest BCUT2D eigenvalue weighted by atomic mass is 32.2. The topological polar surface area (TPSA) is 101 Å². The minimum atomic E-state index is -3.45. The molecule has 1 aromatic rings. The fourth-order valence-electron chi connectivity index (χ4n) is 1.61. The van der Waals surface area contributed by atoms with Crippen molar-refractivity contribution in [2.45, 2.75) is 5.92 Å². The summed E-state index contributed by atoms with van der Waals surface area (Å²) in [5.41, 5.74) is 6.16. The number of nitrogens with two attached hydrogens (primary N) is 1. The first-order valence-corrected chi connectivity index (χ1v) is 7.09. The van der Waals surface area contributed by atoms with Crippen LogP contribution in [0, 0.1) is 0 Å². The first kappa shape index (κ1) is 14.5. The number of rotatable bonds is 5. The van der Waals surface area contributed by atoms with Gasteiger partial charge in [-0.25, -0.2) is 8.42 Å². The zero-order chi connectivity index (χ0) is 13.9. The van der Waals surface area contributed by atoms with Gasteiger partial charge in [-0.05, 0) is 11.6 Å². The predicted octanol–water partition coefficient (Wildman–Crippen LogP) is 0.209. The molecule has 0 aliphatic carbocycles. The summed E-state index contributed by atoms with van der Waals surface area (Å²) in [6.07, 6.45) is 1.06. The smallest absolute Gasteiger partial charge is 0.312 e. The van der Waals surface area contributed by atoms with Crippen LogP contribution in [0.5, 0.6) is 0 Å². The Balaban J connectivity index is 3.35. The second-order valence-electron chi connectivity index (χ2n) is 3.92. The number of aliphatic carboxylic acids is 1. The molecule has 0 heterocycles. The van der Waals surface area contributed by atoms with Gasteiger partial charge in [0, 0.05) is 13.6 Å². The van der Waals surface area contributed by atoms with Crippen LogP contribution in [-0.2, 0) is 14.8 Å². The van der Waals surface area contributed by atoms with Gasteiger partial charge in [0.1, 0.15) is 0 Å². The van der Waals surface area contributed by atoms with Gasteiger partial charge in [-0.15, -0.1) is 0 Å². The van der Waals surface area contributed by atoms with Gasteiger partial charge in [-0.2, -0.15) is 0 Å². The molecule has 1 atom stereocenters. The Bertz CT molecular complexity index is 542. The van der Waals surface area contributed by atoms with E-state index < -0.39 is 21.9 Å². The molecule has 0 radical (unpaired) electrons. The standard InChI is InChI=1S/C11H16N2O4S/c1-13(18(2,16)17)10-6-4-3-5-8(10)9(7-12)11(14)15/h3-6,9H,7,12H2,1-2H3,(H,14,15). The molecule has 0 aliphatic rings. The molecule has 1 aromatic carbocycles. The average molecular weight is 272 g/mol. The highest BCUT2D eigenvalue weighted by Gasteiger charge is 2.24. The number of hydrogen-bond acceptors (Lipinski definition) is 4. The molecule has 0 amide bonds. The second kappa shape index (κ2) is 5.36. The van der Waals surface area contributed by atoms with E-state index in [1.54, 1.807) is 24.3 Å². The first-order chi connectivity index (χ1) is 8.29. The van der Waals surface area contributed by atoms with Crippen molar-refractivity contribution in [1.82, 2.24) is 0 Å². The Hall–Kier alpha value is -1.60. The van der Waals surface area contributed by atoms with E-state index in [2.05, 4.69) is 0 Å². The van der Waals surface area contributed by atoms with Crippen LogP contribution in [0.15, 0.2) is 24.3 Å². The molecule has 100 valence electrons. The molecule has 1 unspecified atom stereocenters. The molecule has 0 saturated heterocycles. The van der Waals surface area contributed by atoms with Crippen LogP contribution in [-0.4, -0.2) is 39.3 Å². The van der Waals surface area contributed by atoms with Crippen LogP contribution in [0.2, 0.25) is 0 Å². The monoisotopic (exact) mass is 272 g/mol. The van der Waals surface area contributed by atoms with Crippen molar-refractivity contribution in [3.63, 3.8) is 0 Å². The van der Waals surface area contributed by atoms with Gasteiger partial charge < -0.3 is 10.8 Å². The van der Waals surface area contributed by atoms with Gasteiger partial charge in [-0.1, -0.05) is 18.2 Å². The van der Waals surface area contributed by atoms with Gasteiger partial charge in [0.25, 0.3) is 0 Å². The van der Waals surface area contributed by atoms with E-state index >= 15 is 0 Å². The van der Waals surface area contributed by atoms with Gasteiger partial charge in [0.2, 0.25) is 10.0 Å². The Morgan fingerprint density at radius 3 is 2.44 bits per heavy atom. The lowest BCUT2D eigenvalue weighted by Crippen LogP contribution is -2.29. The average Bonchev–Trinajstić information content (AvgIpc) is 2.28. The third-order valence-corrected chi connectivity index (χ3v) is 3.87. The van der Waals surface area contributed by atoms with Crippen molar-refractivity contribution in [1.29, 1.82) is 0 Å². The third kappa shape index (κ3) is 2.99. The van der Waals surface area contributed by atoms with E-state index in [9.17, 15) is 13.2 Å². The zero-order valence-electron chi connectivity index (χ0n) is 10.2. The molecule has 3 N–H and O–H groups in total. The van der Waals surface area contributed by atoms with Crippen molar-refractivity contribution in [2.75, 3.05) is 24.2 Å². The van der Waals surface area contributed by atoms with E-state index in [0.29, 0.717) is 11.3 Å². The molecule has 0 aromatic heterocycles. The number of anilines is 1. The Morgan fingerprint density at radius 2 is 2.00 bits per heavy atom. The maximum absolute atomic E-state index is 11.5. The molecular weight excluding hydrogens is 256 g/mol. The van der Waals surface area contributed by atoms with E-state index in [-0.39, 0.29) is 6.54 Å². The number of para-hydroxylation sites is 1. The van der Waals surface area contributed by atoms with Crippen molar-refractivity contribution in [3.05, 3.63) is 29.8 Å². The fraction of sp³-hybridized carbons (Fsp3) is 0.364. The quantitative estimate of drug-likeness (QED) is 0.798. The summed E-state index contributed by atoms with van der Waals surface area (Å²) in [5.74, 6) is -2.00. The van der Waals surface area contributed by atoms with Crippen molar-refractivity contribution in [2.24, 2.45) is 5.73 Å². The molecule has 18 heavy (non-hydrogen) atoms. The summed E-state index contributed by atoms with van der Waals surface area (Å²) in [6, 6.07) is 6.43. The van der Waals surface area contributed by atoms with E-state index in [4.69, 9.17) is 10.8 Å². The fourth-order valence-corrected chi connectivity index (χ4v) is 2.13. The third-order valence-electron chi connectivity index (χ3n) is 2.68. The molecule has 0 fully saturated rings. The SMILES string of the molecule is CN(c1ccccc1C(CN)C(=O)O)S(C)(=O)=O. The largest absolute Gasteiger partial charge is 0.481 e. The van der Waals surface area contributed by atoms with Crippen LogP contribution in [0.3, 0.4) is 0 Å². The maximum atomic E-state index is 11.5. The molecule has 7 heteroatoms. The summed E-state index contributed by atoms with van der Waals surface area (Å²) < 4.78 is 24.1. The van der Waals surface area contributed by atoms with Crippen LogP contribution >= 0.6 is 0 Å². The lowest BCUT2D eigenvalue weighted by Gasteiger charge is -2.22. The highest BCUT2D eigenvalue weighted by molar-refractivity contribution is 7.92. The number of nitrogens with zero attached hydrogens (tertiary/aromatic N) is 1. The lowest BCUT2D eigenvalue weighted by molar-refractivity contribution is -0.138. The summed E-state index contributed by atoms with van der Waals surface area (Å²) >= 11 is 0. The number of carboxylic acids is 1. The molecule has 0 bridgehead atoms. The number of hydrogen-bond donors (Lipinski definition) is 2. The molecule has 0 aliphatic heterocycles. The molecule has 1 rings (SSSR count). The van der Waals surface area contributed by atoms with Crippen molar-refractivity contribution in [3.8, 4) is 0 Å². The van der Waals surface area contributed by atoms with Gasteiger partial charge in [0.05, 0.1) is 17.9 Å². The van der Waals surface area contributed by atoms with Crippen LogP contribution in [0.4, 0.5) is 5.69 Å². The van der Waals surface area contributed by atoms with Crippen molar-refractivity contribution < 1.29 is 18.3 Å². The summed E-state index contributed by atoms with van der Waals surface area (Å²) in [5, 5.41) is 9.09. The van der Waals surface area contributed by atoms with E-state index in [0.717, 1.165) is 10.6 Å². The zero-order valence-corrected chi connectivity index (χ0v) is 11.0. The minimum absolute atomic E-state index is 0.0933. The number of benzene rings is 1. The predicted molar refractivity (Wildman–Crippen MR) is 69.1 cm³/mol. The van der Waals surface area contributed by atoms with E-state index in [1.807, 2.05) is 0 Å². The normalized spacial score (nSPS) is 13.1. The van der Waals surface area contributed by atoms with Crippen molar-refractivity contribution >= 4 is 21.7 Å². The van der Waals surface area contributed by atoms with Gasteiger partial charge in [-0.3, -0.25) is 9.10 Å². The lowest BCUT2D eigenvalue weighted by atomic mass is 9.97. The molecule has 0 spiro atoms. The molecule has 0 saturated carbocycles.